The maximum absolute atomic E-state index is 8.76. The normalized spacial score (nSPS) is 33.7. The first-order valence-electron chi connectivity index (χ1n) is 4.21. The summed E-state index contributed by atoms with van der Waals surface area (Å²) >= 11 is 0. The van der Waals surface area contributed by atoms with E-state index in [1.165, 1.54) is 0 Å². The lowest BCUT2D eigenvalue weighted by molar-refractivity contribution is -0.146. The van der Waals surface area contributed by atoms with Gasteiger partial charge < -0.3 is 9.47 Å². The summed E-state index contributed by atoms with van der Waals surface area (Å²) in [4.78, 5) is 0. The van der Waals surface area contributed by atoms with Crippen LogP contribution in [0.25, 0.3) is 0 Å². The minimum atomic E-state index is -0.602. The minimum absolute atomic E-state index is 0.0926. The molecule has 0 bridgehead atoms. The van der Waals surface area contributed by atoms with E-state index >= 15 is 0 Å². The lowest BCUT2D eigenvalue weighted by atomic mass is 10.0. The molecule has 1 aliphatic heterocycles. The van der Waals surface area contributed by atoms with E-state index in [1.807, 2.05) is 27.7 Å². The Morgan fingerprint density at radius 3 is 2.25 bits per heavy atom. The Hall–Kier alpha value is -0.590. The van der Waals surface area contributed by atoms with Crippen LogP contribution < -0.4 is 0 Å². The summed E-state index contributed by atoms with van der Waals surface area (Å²) in [6.07, 6.45) is -0.509. The average molecular weight is 169 g/mol. The number of hydrogen-bond donors (Lipinski definition) is 0. The highest BCUT2D eigenvalue weighted by Crippen LogP contribution is 2.31. The zero-order valence-electron chi connectivity index (χ0n) is 8.00. The maximum atomic E-state index is 8.76. The zero-order valence-corrected chi connectivity index (χ0v) is 8.00. The molecule has 0 aliphatic carbocycles. The van der Waals surface area contributed by atoms with Crippen molar-refractivity contribution in [2.75, 3.05) is 0 Å². The number of ether oxygens (including phenoxy) is 2. The fourth-order valence-electron chi connectivity index (χ4n) is 1.38. The second kappa shape index (κ2) is 3.04. The van der Waals surface area contributed by atoms with Gasteiger partial charge in [0.05, 0.1) is 6.07 Å². The SMILES string of the molecule is CC(C)[C@@H]1OC(C)(C)O[C@@H]1C#N. The number of hydrogen-bond acceptors (Lipinski definition) is 3. The van der Waals surface area contributed by atoms with Crippen molar-refractivity contribution in [2.45, 2.75) is 45.7 Å². The van der Waals surface area contributed by atoms with Gasteiger partial charge in [-0.15, -0.1) is 0 Å². The standard InChI is InChI=1S/C9H15NO2/c1-6(2)8-7(5-10)11-9(3,4)12-8/h6-8H,1-4H3/t7-,8+/m1/s1. The van der Waals surface area contributed by atoms with Crippen LogP contribution in [-0.2, 0) is 9.47 Å². The first-order valence-corrected chi connectivity index (χ1v) is 4.21. The second-order valence-electron chi connectivity index (χ2n) is 3.89. The molecule has 0 amide bonds. The smallest absolute Gasteiger partial charge is 0.173 e. The highest BCUT2D eigenvalue weighted by molar-refractivity contribution is 4.97. The topological polar surface area (TPSA) is 42.2 Å². The summed E-state index contributed by atoms with van der Waals surface area (Å²) in [5.41, 5.74) is 0. The monoisotopic (exact) mass is 169 g/mol. The largest absolute Gasteiger partial charge is 0.343 e. The Morgan fingerprint density at radius 2 is 1.92 bits per heavy atom. The molecule has 12 heavy (non-hydrogen) atoms. The van der Waals surface area contributed by atoms with Crippen LogP contribution in [0.2, 0.25) is 0 Å². The van der Waals surface area contributed by atoms with Gasteiger partial charge in [-0.1, -0.05) is 13.8 Å². The quantitative estimate of drug-likeness (QED) is 0.599. The Morgan fingerprint density at radius 1 is 1.33 bits per heavy atom. The maximum Gasteiger partial charge on any atom is 0.173 e. The first kappa shape index (κ1) is 9.50. The molecule has 0 unspecified atom stereocenters. The van der Waals surface area contributed by atoms with E-state index in [2.05, 4.69) is 6.07 Å². The van der Waals surface area contributed by atoms with Crippen molar-refractivity contribution in [1.29, 1.82) is 5.26 Å². The van der Waals surface area contributed by atoms with Gasteiger partial charge in [0.1, 0.15) is 6.10 Å². The molecule has 0 radical (unpaired) electrons. The lowest BCUT2D eigenvalue weighted by Crippen LogP contribution is -2.26. The Balaban J connectivity index is 2.71. The molecule has 0 spiro atoms. The molecular formula is C9H15NO2. The van der Waals surface area contributed by atoms with Crippen LogP contribution in [0.4, 0.5) is 0 Å². The van der Waals surface area contributed by atoms with E-state index in [4.69, 9.17) is 14.7 Å². The van der Waals surface area contributed by atoms with Crippen LogP contribution in [0, 0.1) is 17.2 Å². The molecule has 0 N–H and O–H groups in total. The van der Waals surface area contributed by atoms with Crippen LogP contribution >= 0.6 is 0 Å². The molecule has 1 fully saturated rings. The number of nitrogens with zero attached hydrogens (tertiary/aromatic N) is 1. The van der Waals surface area contributed by atoms with Crippen molar-refractivity contribution in [1.82, 2.24) is 0 Å². The molecule has 0 aromatic carbocycles. The molecular weight excluding hydrogens is 154 g/mol. The van der Waals surface area contributed by atoms with E-state index in [-0.39, 0.29) is 6.10 Å². The summed E-state index contributed by atoms with van der Waals surface area (Å²) < 4.78 is 11.0. The van der Waals surface area contributed by atoms with E-state index in [0.717, 1.165) is 0 Å². The molecule has 1 aliphatic rings. The third-order valence-electron chi connectivity index (χ3n) is 1.91. The van der Waals surface area contributed by atoms with Gasteiger partial charge >= 0.3 is 0 Å². The highest BCUT2D eigenvalue weighted by atomic mass is 16.7. The van der Waals surface area contributed by atoms with Crippen molar-refractivity contribution in [3.8, 4) is 6.07 Å². The van der Waals surface area contributed by atoms with Crippen molar-refractivity contribution >= 4 is 0 Å². The molecule has 1 heterocycles. The van der Waals surface area contributed by atoms with Crippen LogP contribution in [0.5, 0.6) is 0 Å². The van der Waals surface area contributed by atoms with E-state index < -0.39 is 11.9 Å². The predicted molar refractivity (Wildman–Crippen MR) is 44.3 cm³/mol. The highest BCUT2D eigenvalue weighted by Gasteiger charge is 2.42. The Kier molecular flexibility index (Phi) is 2.41. The molecule has 3 nitrogen and oxygen atoms in total. The van der Waals surface area contributed by atoms with Crippen molar-refractivity contribution < 1.29 is 9.47 Å². The molecule has 1 rings (SSSR count). The first-order chi connectivity index (χ1) is 5.46. The van der Waals surface area contributed by atoms with E-state index in [1.54, 1.807) is 0 Å². The summed E-state index contributed by atoms with van der Waals surface area (Å²) in [7, 11) is 0. The van der Waals surface area contributed by atoms with E-state index in [9.17, 15) is 0 Å². The molecule has 68 valence electrons. The second-order valence-corrected chi connectivity index (χ2v) is 3.89. The summed E-state index contributed by atoms with van der Waals surface area (Å²) in [6.45, 7) is 7.72. The van der Waals surface area contributed by atoms with Gasteiger partial charge in [-0.25, -0.2) is 0 Å². The molecule has 1 saturated heterocycles. The van der Waals surface area contributed by atoms with Gasteiger partial charge in [-0.05, 0) is 19.8 Å². The zero-order chi connectivity index (χ0) is 9.35. The van der Waals surface area contributed by atoms with Gasteiger partial charge in [-0.2, -0.15) is 5.26 Å². The molecule has 2 atom stereocenters. The van der Waals surface area contributed by atoms with Crippen LogP contribution in [0.3, 0.4) is 0 Å². The van der Waals surface area contributed by atoms with Gasteiger partial charge in [0.2, 0.25) is 0 Å². The number of nitriles is 1. The van der Waals surface area contributed by atoms with Crippen molar-refractivity contribution in [3.63, 3.8) is 0 Å². The van der Waals surface area contributed by atoms with E-state index in [0.29, 0.717) is 5.92 Å². The van der Waals surface area contributed by atoms with Crippen LogP contribution in [0.15, 0.2) is 0 Å². The van der Waals surface area contributed by atoms with Crippen LogP contribution in [-0.4, -0.2) is 18.0 Å². The van der Waals surface area contributed by atoms with Crippen LogP contribution in [0.1, 0.15) is 27.7 Å². The summed E-state index contributed by atoms with van der Waals surface area (Å²) in [6, 6.07) is 2.10. The molecule has 0 aromatic heterocycles. The summed E-state index contributed by atoms with van der Waals surface area (Å²) in [5.74, 6) is -0.286. The lowest BCUT2D eigenvalue weighted by Gasteiger charge is -2.18. The third-order valence-corrected chi connectivity index (χ3v) is 1.91. The van der Waals surface area contributed by atoms with Gasteiger partial charge in [0, 0.05) is 0 Å². The van der Waals surface area contributed by atoms with Gasteiger partial charge in [-0.3, -0.25) is 0 Å². The minimum Gasteiger partial charge on any atom is -0.343 e. The Labute approximate surface area is 73.3 Å². The molecule has 0 saturated carbocycles. The Bertz CT molecular complexity index is 205. The summed E-state index contributed by atoms with van der Waals surface area (Å²) in [5, 5.41) is 8.76. The average Bonchev–Trinajstić information content (AvgIpc) is 2.25. The fraction of sp³-hybridized carbons (Fsp3) is 0.889. The van der Waals surface area contributed by atoms with Gasteiger partial charge in [0.25, 0.3) is 0 Å². The van der Waals surface area contributed by atoms with Crippen molar-refractivity contribution in [2.24, 2.45) is 5.92 Å². The number of rotatable bonds is 1. The third kappa shape index (κ3) is 1.77. The fourth-order valence-corrected chi connectivity index (χ4v) is 1.38. The van der Waals surface area contributed by atoms with Crippen molar-refractivity contribution in [3.05, 3.63) is 0 Å². The molecule has 3 heteroatoms. The molecule has 0 aromatic rings. The van der Waals surface area contributed by atoms with Gasteiger partial charge in [0.15, 0.2) is 11.9 Å². The predicted octanol–water partition coefficient (Wildman–Crippen LogP) is 1.69.